The Bertz CT molecular complexity index is 732. The van der Waals surface area contributed by atoms with Crippen molar-refractivity contribution in [1.82, 2.24) is 0 Å². The number of ether oxygens (including phenoxy) is 4. The lowest BCUT2D eigenvalue weighted by Gasteiger charge is -2.22. The van der Waals surface area contributed by atoms with Gasteiger partial charge in [0.1, 0.15) is 5.78 Å². The average Bonchev–Trinajstić information content (AvgIpc) is 2.69. The van der Waals surface area contributed by atoms with E-state index in [-0.39, 0.29) is 5.75 Å². The molecule has 0 bridgehead atoms. The quantitative estimate of drug-likeness (QED) is 0.283. The van der Waals surface area contributed by atoms with E-state index in [0.717, 1.165) is 0 Å². The summed E-state index contributed by atoms with van der Waals surface area (Å²) < 4.78 is 17.5. The Morgan fingerprint density at radius 2 is 1.24 bits per heavy atom. The zero-order valence-electron chi connectivity index (χ0n) is 19.4. The first-order chi connectivity index (χ1) is 15.2. The van der Waals surface area contributed by atoms with Crippen molar-refractivity contribution in [3.8, 4) is 0 Å². The number of thioether (sulfide) groups is 2. The molecule has 11 nitrogen and oxygen atoms in total. The van der Waals surface area contributed by atoms with Gasteiger partial charge in [0.2, 0.25) is 13.6 Å². The first-order valence-corrected chi connectivity index (χ1v) is 11.7. The molecule has 0 aliphatic carbocycles. The maximum absolute atomic E-state index is 12.6. The minimum Gasteiger partial charge on any atom is -0.481 e. The molecule has 0 saturated heterocycles. The van der Waals surface area contributed by atoms with Crippen LogP contribution in [0.2, 0.25) is 0 Å². The number of carboxylic acids is 1. The SMILES string of the molecule is CC(C)C(=O)OCOC(=O)SC[C@H](CC(=O)C(C)(C)SC(=O)OCOC(=O)C(C)C)C(=O)O. The Balaban J connectivity index is 4.61. The second kappa shape index (κ2) is 14.8. The summed E-state index contributed by atoms with van der Waals surface area (Å²) in [6.07, 6.45) is -0.451. The van der Waals surface area contributed by atoms with Crippen LogP contribution in [0.5, 0.6) is 0 Å². The van der Waals surface area contributed by atoms with Gasteiger partial charge < -0.3 is 24.1 Å². The third-order valence-corrected chi connectivity index (χ3v) is 5.84. The molecule has 0 rings (SSSR count). The molecule has 188 valence electrons. The van der Waals surface area contributed by atoms with Crippen molar-refractivity contribution in [2.24, 2.45) is 17.8 Å². The van der Waals surface area contributed by atoms with E-state index in [1.807, 2.05) is 0 Å². The molecule has 0 heterocycles. The highest BCUT2D eigenvalue weighted by molar-refractivity contribution is 8.15. The summed E-state index contributed by atoms with van der Waals surface area (Å²) in [6.45, 7) is 8.07. The van der Waals surface area contributed by atoms with Crippen LogP contribution in [-0.2, 0) is 38.1 Å². The van der Waals surface area contributed by atoms with Gasteiger partial charge in [-0.3, -0.25) is 19.2 Å². The van der Waals surface area contributed by atoms with Crippen molar-refractivity contribution < 1.29 is 52.8 Å². The fourth-order valence-electron chi connectivity index (χ4n) is 1.80. The molecule has 0 amide bonds. The molecule has 0 aliphatic heterocycles. The van der Waals surface area contributed by atoms with Crippen LogP contribution in [0.25, 0.3) is 0 Å². The van der Waals surface area contributed by atoms with Crippen molar-refractivity contribution in [3.63, 3.8) is 0 Å². The molecule has 0 aromatic rings. The third kappa shape index (κ3) is 13.1. The van der Waals surface area contributed by atoms with Crippen LogP contribution in [0.3, 0.4) is 0 Å². The Kier molecular flexibility index (Phi) is 13.8. The van der Waals surface area contributed by atoms with Crippen molar-refractivity contribution in [1.29, 1.82) is 0 Å². The van der Waals surface area contributed by atoms with Crippen LogP contribution in [0.4, 0.5) is 9.59 Å². The number of Topliss-reactive ketones (excluding diaryl/α,β-unsaturated/α-hetero) is 1. The smallest absolute Gasteiger partial charge is 0.371 e. The van der Waals surface area contributed by atoms with E-state index in [1.54, 1.807) is 27.7 Å². The van der Waals surface area contributed by atoms with Gasteiger partial charge in [-0.05, 0) is 37.4 Å². The highest BCUT2D eigenvalue weighted by Gasteiger charge is 2.35. The van der Waals surface area contributed by atoms with E-state index in [1.165, 1.54) is 13.8 Å². The van der Waals surface area contributed by atoms with E-state index < -0.39 is 76.8 Å². The van der Waals surface area contributed by atoms with Crippen molar-refractivity contribution in [3.05, 3.63) is 0 Å². The molecule has 0 unspecified atom stereocenters. The van der Waals surface area contributed by atoms with Crippen LogP contribution >= 0.6 is 23.5 Å². The second-order valence-electron chi connectivity index (χ2n) is 7.85. The van der Waals surface area contributed by atoms with Gasteiger partial charge >= 0.3 is 28.5 Å². The van der Waals surface area contributed by atoms with Crippen molar-refractivity contribution in [2.45, 2.75) is 52.7 Å². The molecule has 0 fully saturated rings. The standard InChI is InChI=1S/C20H30O11S2/c1-11(2)16(24)28-9-30-18(26)32-8-13(15(22)23)7-14(21)20(5,6)33-19(27)31-10-29-17(25)12(3)4/h11-13H,7-10H2,1-6H3,(H,22,23)/t13-/m0/s1. The minimum absolute atomic E-state index is 0.269. The molecule has 1 atom stereocenters. The first-order valence-electron chi connectivity index (χ1n) is 9.92. The summed E-state index contributed by atoms with van der Waals surface area (Å²) in [5, 5.41) is 7.64. The summed E-state index contributed by atoms with van der Waals surface area (Å²) >= 11 is 1.05. The number of ketones is 1. The topological polar surface area (TPSA) is 160 Å². The number of hydrogen-bond donors (Lipinski definition) is 1. The molecular formula is C20H30O11S2. The fourth-order valence-corrected chi connectivity index (χ4v) is 3.25. The molecule has 0 aromatic carbocycles. The second-order valence-corrected chi connectivity index (χ2v) is 10.4. The number of esters is 2. The zero-order valence-corrected chi connectivity index (χ0v) is 21.0. The number of aliphatic carboxylic acids is 1. The Labute approximate surface area is 200 Å². The normalized spacial score (nSPS) is 12.1. The van der Waals surface area contributed by atoms with Crippen LogP contribution in [0.1, 0.15) is 48.0 Å². The van der Waals surface area contributed by atoms with Gasteiger partial charge in [0.15, 0.2) is 0 Å². The molecule has 33 heavy (non-hydrogen) atoms. The van der Waals surface area contributed by atoms with Gasteiger partial charge in [0.25, 0.3) is 0 Å². The zero-order chi connectivity index (χ0) is 25.8. The van der Waals surface area contributed by atoms with E-state index >= 15 is 0 Å². The monoisotopic (exact) mass is 510 g/mol. The first kappa shape index (κ1) is 30.7. The highest BCUT2D eigenvalue weighted by Crippen LogP contribution is 2.30. The fraction of sp³-hybridized carbons (Fsp3) is 0.700. The maximum atomic E-state index is 12.6. The summed E-state index contributed by atoms with van der Waals surface area (Å²) in [7, 11) is 0. The van der Waals surface area contributed by atoms with Crippen molar-refractivity contribution in [2.75, 3.05) is 19.3 Å². The lowest BCUT2D eigenvalue weighted by Crippen LogP contribution is -2.34. The van der Waals surface area contributed by atoms with Gasteiger partial charge in [-0.2, -0.15) is 0 Å². The van der Waals surface area contributed by atoms with E-state index in [0.29, 0.717) is 23.5 Å². The van der Waals surface area contributed by atoms with Gasteiger partial charge in [-0.15, -0.1) is 0 Å². The molecule has 0 spiro atoms. The predicted molar refractivity (Wildman–Crippen MR) is 119 cm³/mol. The Morgan fingerprint density at radius 1 is 0.788 bits per heavy atom. The number of carboxylic acid groups (broad SMARTS) is 1. The Morgan fingerprint density at radius 3 is 1.67 bits per heavy atom. The summed E-state index contributed by atoms with van der Waals surface area (Å²) in [4.78, 5) is 70.3. The van der Waals surface area contributed by atoms with Crippen LogP contribution in [-0.4, -0.2) is 63.5 Å². The molecule has 13 heteroatoms. The molecule has 0 saturated carbocycles. The van der Waals surface area contributed by atoms with Gasteiger partial charge in [0, 0.05) is 12.2 Å². The summed E-state index contributed by atoms with van der Waals surface area (Å²) in [5.74, 6) is -5.26. The van der Waals surface area contributed by atoms with Gasteiger partial charge in [-0.1, -0.05) is 27.7 Å². The number of carbonyl (C=O) groups excluding carboxylic acids is 5. The van der Waals surface area contributed by atoms with Crippen LogP contribution in [0.15, 0.2) is 0 Å². The van der Waals surface area contributed by atoms with Gasteiger partial charge in [-0.25, -0.2) is 9.59 Å². The van der Waals surface area contributed by atoms with E-state index in [2.05, 4.69) is 9.47 Å². The highest BCUT2D eigenvalue weighted by atomic mass is 32.2. The summed E-state index contributed by atoms with van der Waals surface area (Å²) in [6, 6.07) is 0. The molecule has 0 radical (unpaired) electrons. The van der Waals surface area contributed by atoms with Crippen LogP contribution in [0, 0.1) is 17.8 Å². The summed E-state index contributed by atoms with van der Waals surface area (Å²) in [5.41, 5.74) is 0. The third-order valence-electron chi connectivity index (χ3n) is 3.89. The van der Waals surface area contributed by atoms with Crippen molar-refractivity contribution >= 4 is 57.8 Å². The number of rotatable bonds is 13. The van der Waals surface area contributed by atoms with E-state index in [4.69, 9.17) is 9.47 Å². The number of hydrogen-bond acceptors (Lipinski definition) is 12. The van der Waals surface area contributed by atoms with E-state index in [9.17, 15) is 33.9 Å². The average molecular weight is 511 g/mol. The maximum Gasteiger partial charge on any atom is 0.371 e. The lowest BCUT2D eigenvalue weighted by molar-refractivity contribution is -0.156. The lowest BCUT2D eigenvalue weighted by atomic mass is 9.97. The minimum atomic E-state index is -1.33. The molecule has 0 aromatic heterocycles. The van der Waals surface area contributed by atoms with Gasteiger partial charge in [0.05, 0.1) is 22.5 Å². The van der Waals surface area contributed by atoms with Crippen LogP contribution < -0.4 is 0 Å². The predicted octanol–water partition coefficient (Wildman–Crippen LogP) is 3.48. The number of carbonyl (C=O) groups is 6. The molecular weight excluding hydrogens is 480 g/mol. The molecule has 1 N–H and O–H groups in total. The largest absolute Gasteiger partial charge is 0.481 e. The molecule has 0 aliphatic rings. The Hall–Kier alpha value is -2.28.